The zero-order chi connectivity index (χ0) is 24.0. The van der Waals surface area contributed by atoms with Crippen LogP contribution in [0.15, 0.2) is 36.4 Å². The summed E-state index contributed by atoms with van der Waals surface area (Å²) in [5, 5.41) is 1.43. The highest BCUT2D eigenvalue weighted by Gasteiger charge is 2.25. The van der Waals surface area contributed by atoms with E-state index in [4.69, 9.17) is 37.2 Å². The maximum absolute atomic E-state index is 6.59. The molecule has 33 heavy (non-hydrogen) atoms. The molecule has 3 rings (SSSR count). The standard InChI is InChI=1S/C26H29ClN2O3S/c1-7-12-29(23(16-31-5)20-10-8-19(9-11-20)15-30-4)26-28-25(18(3)33-26)21-13-17(2)24(32-6)14-22(21)27/h1,8-11,13-14,23H,12,15-16H2,2-6H3/t23-/m0/s1. The van der Waals surface area contributed by atoms with Gasteiger partial charge < -0.3 is 19.1 Å². The van der Waals surface area contributed by atoms with Crippen molar-refractivity contribution in [1.29, 1.82) is 0 Å². The molecule has 0 N–H and O–H groups in total. The Hall–Kier alpha value is -2.56. The first-order chi connectivity index (χ1) is 15.9. The quantitative estimate of drug-likeness (QED) is 0.327. The van der Waals surface area contributed by atoms with Gasteiger partial charge in [0.25, 0.3) is 0 Å². The fourth-order valence-corrected chi connectivity index (χ4v) is 4.97. The minimum Gasteiger partial charge on any atom is -0.496 e. The molecule has 0 bridgehead atoms. The minimum atomic E-state index is -0.0888. The monoisotopic (exact) mass is 484 g/mol. The van der Waals surface area contributed by atoms with Crippen LogP contribution in [0.3, 0.4) is 0 Å². The van der Waals surface area contributed by atoms with E-state index in [1.165, 1.54) is 0 Å². The fourth-order valence-electron chi connectivity index (χ4n) is 3.76. The number of aryl methyl sites for hydroxylation is 2. The van der Waals surface area contributed by atoms with E-state index in [0.717, 1.165) is 43.7 Å². The number of thiazole rings is 1. The van der Waals surface area contributed by atoms with Gasteiger partial charge in [0, 0.05) is 24.7 Å². The average molecular weight is 485 g/mol. The molecule has 0 spiro atoms. The second-order valence-electron chi connectivity index (χ2n) is 7.68. The van der Waals surface area contributed by atoms with Crippen LogP contribution in [0, 0.1) is 26.2 Å². The molecule has 0 radical (unpaired) electrons. The van der Waals surface area contributed by atoms with Gasteiger partial charge in [0.05, 0.1) is 43.6 Å². The van der Waals surface area contributed by atoms with E-state index in [9.17, 15) is 0 Å². The summed E-state index contributed by atoms with van der Waals surface area (Å²) in [6.07, 6.45) is 5.77. The van der Waals surface area contributed by atoms with E-state index in [-0.39, 0.29) is 6.04 Å². The lowest BCUT2D eigenvalue weighted by molar-refractivity contribution is 0.177. The Kier molecular flexibility index (Phi) is 8.76. The maximum Gasteiger partial charge on any atom is 0.187 e. The number of halogens is 1. The second kappa shape index (κ2) is 11.5. The first-order valence-corrected chi connectivity index (χ1v) is 11.7. The molecule has 0 unspecified atom stereocenters. The summed E-state index contributed by atoms with van der Waals surface area (Å²) >= 11 is 8.19. The van der Waals surface area contributed by atoms with E-state index >= 15 is 0 Å². The number of ether oxygens (including phenoxy) is 3. The van der Waals surface area contributed by atoms with Crippen LogP contribution in [0.25, 0.3) is 11.3 Å². The molecule has 7 heteroatoms. The summed E-state index contributed by atoms with van der Waals surface area (Å²) in [5.74, 6) is 3.54. The number of rotatable bonds is 10. The first kappa shape index (κ1) is 25.1. The molecule has 1 aromatic heterocycles. The molecule has 0 fully saturated rings. The number of hydrogen-bond donors (Lipinski definition) is 0. The van der Waals surface area contributed by atoms with Crippen LogP contribution < -0.4 is 9.64 Å². The van der Waals surface area contributed by atoms with Gasteiger partial charge in [0.15, 0.2) is 5.13 Å². The van der Waals surface area contributed by atoms with Crippen LogP contribution in [0.5, 0.6) is 5.75 Å². The van der Waals surface area contributed by atoms with Crippen LogP contribution in [0.2, 0.25) is 5.02 Å². The molecule has 0 aliphatic rings. The largest absolute Gasteiger partial charge is 0.496 e. The van der Waals surface area contributed by atoms with Gasteiger partial charge in [-0.1, -0.05) is 41.8 Å². The van der Waals surface area contributed by atoms with Gasteiger partial charge in [-0.3, -0.25) is 0 Å². The summed E-state index contributed by atoms with van der Waals surface area (Å²) in [6.45, 7) is 5.48. The van der Waals surface area contributed by atoms with E-state index < -0.39 is 0 Å². The molecule has 1 heterocycles. The van der Waals surface area contributed by atoms with Gasteiger partial charge in [-0.2, -0.15) is 0 Å². The van der Waals surface area contributed by atoms with E-state index in [1.54, 1.807) is 32.7 Å². The third-order valence-electron chi connectivity index (χ3n) is 5.41. The van der Waals surface area contributed by atoms with Gasteiger partial charge in [0.2, 0.25) is 0 Å². The van der Waals surface area contributed by atoms with Crippen molar-refractivity contribution in [3.05, 3.63) is 63.0 Å². The lowest BCUT2D eigenvalue weighted by Gasteiger charge is -2.30. The van der Waals surface area contributed by atoms with Gasteiger partial charge in [-0.25, -0.2) is 4.98 Å². The molecule has 1 atom stereocenters. The fraction of sp³-hybridized carbons (Fsp3) is 0.346. The topological polar surface area (TPSA) is 43.8 Å². The molecule has 3 aromatic rings. The van der Waals surface area contributed by atoms with Gasteiger partial charge >= 0.3 is 0 Å². The molecule has 0 aliphatic carbocycles. The van der Waals surface area contributed by atoms with Crippen molar-refractivity contribution in [2.24, 2.45) is 0 Å². The maximum atomic E-state index is 6.59. The van der Waals surface area contributed by atoms with Gasteiger partial charge in [0.1, 0.15) is 5.75 Å². The SMILES string of the molecule is C#CCN(c1nc(-c2cc(C)c(OC)cc2Cl)c(C)s1)[C@@H](COC)c1ccc(COC)cc1. The first-order valence-electron chi connectivity index (χ1n) is 10.5. The van der Waals surface area contributed by atoms with Crippen molar-refractivity contribution in [1.82, 2.24) is 4.98 Å². The minimum absolute atomic E-state index is 0.0888. The molecule has 0 aliphatic heterocycles. The highest BCUT2D eigenvalue weighted by atomic mass is 35.5. The molecule has 0 saturated heterocycles. The van der Waals surface area contributed by atoms with Crippen LogP contribution in [-0.4, -0.2) is 39.5 Å². The summed E-state index contributed by atoms with van der Waals surface area (Å²) in [5.41, 5.74) is 4.93. The molecular formula is C26H29ClN2O3S. The number of terminal acetylenes is 1. The van der Waals surface area contributed by atoms with Crippen molar-refractivity contribution >= 4 is 28.1 Å². The Bertz CT molecular complexity index is 1120. The Morgan fingerprint density at radius 2 is 1.85 bits per heavy atom. The summed E-state index contributed by atoms with van der Waals surface area (Å²) in [4.78, 5) is 8.15. The zero-order valence-corrected chi connectivity index (χ0v) is 21.2. The summed E-state index contributed by atoms with van der Waals surface area (Å²) in [7, 11) is 5.02. The van der Waals surface area contributed by atoms with Crippen molar-refractivity contribution in [3.63, 3.8) is 0 Å². The third-order valence-corrected chi connectivity index (χ3v) is 6.73. The van der Waals surface area contributed by atoms with Crippen LogP contribution in [-0.2, 0) is 16.1 Å². The summed E-state index contributed by atoms with van der Waals surface area (Å²) < 4.78 is 16.2. The van der Waals surface area contributed by atoms with Crippen LogP contribution in [0.4, 0.5) is 5.13 Å². The normalized spacial score (nSPS) is 11.8. The number of nitrogens with zero attached hydrogens (tertiary/aromatic N) is 2. The number of benzene rings is 2. The molecule has 0 saturated carbocycles. The number of hydrogen-bond acceptors (Lipinski definition) is 6. The molecule has 174 valence electrons. The van der Waals surface area contributed by atoms with Crippen molar-refractivity contribution in [2.45, 2.75) is 26.5 Å². The lowest BCUT2D eigenvalue weighted by atomic mass is 10.0. The highest BCUT2D eigenvalue weighted by Crippen LogP contribution is 2.40. The molecule has 2 aromatic carbocycles. The average Bonchev–Trinajstić information content (AvgIpc) is 3.19. The predicted octanol–water partition coefficient (Wildman–Crippen LogP) is 6.06. The highest BCUT2D eigenvalue weighted by molar-refractivity contribution is 7.16. The summed E-state index contributed by atoms with van der Waals surface area (Å²) in [6, 6.07) is 12.1. The van der Waals surface area contributed by atoms with E-state index in [1.807, 2.05) is 26.0 Å². The predicted molar refractivity (Wildman–Crippen MR) is 137 cm³/mol. The van der Waals surface area contributed by atoms with Crippen molar-refractivity contribution in [2.75, 3.05) is 39.4 Å². The smallest absolute Gasteiger partial charge is 0.187 e. The van der Waals surface area contributed by atoms with Gasteiger partial charge in [-0.15, -0.1) is 17.8 Å². The third kappa shape index (κ3) is 5.69. The Labute approximate surface area is 205 Å². The molecule has 5 nitrogen and oxygen atoms in total. The van der Waals surface area contributed by atoms with E-state index in [0.29, 0.717) is 24.8 Å². The van der Waals surface area contributed by atoms with Crippen molar-refractivity contribution < 1.29 is 14.2 Å². The van der Waals surface area contributed by atoms with E-state index in [2.05, 4.69) is 35.1 Å². The number of aromatic nitrogens is 1. The van der Waals surface area contributed by atoms with Crippen LogP contribution in [0.1, 0.15) is 27.6 Å². The van der Waals surface area contributed by atoms with Crippen LogP contribution >= 0.6 is 22.9 Å². The Morgan fingerprint density at radius 3 is 2.45 bits per heavy atom. The Balaban J connectivity index is 2.02. The lowest BCUT2D eigenvalue weighted by Crippen LogP contribution is -2.32. The number of methoxy groups -OCH3 is 3. The number of anilines is 1. The van der Waals surface area contributed by atoms with Gasteiger partial charge in [-0.05, 0) is 42.7 Å². The Morgan fingerprint density at radius 1 is 1.12 bits per heavy atom. The second-order valence-corrected chi connectivity index (χ2v) is 9.27. The molecular weight excluding hydrogens is 456 g/mol. The zero-order valence-electron chi connectivity index (χ0n) is 19.6. The van der Waals surface area contributed by atoms with Crippen molar-refractivity contribution in [3.8, 4) is 29.4 Å². The molecule has 0 amide bonds.